The van der Waals surface area contributed by atoms with E-state index in [1.165, 1.54) is 0 Å². The van der Waals surface area contributed by atoms with Crippen LogP contribution in [-0.2, 0) is 4.74 Å². The van der Waals surface area contributed by atoms with Crippen LogP contribution < -0.4 is 10.2 Å². The fourth-order valence-corrected chi connectivity index (χ4v) is 3.27. The second kappa shape index (κ2) is 8.50. The number of aromatic nitrogens is 2. The van der Waals surface area contributed by atoms with Gasteiger partial charge in [0.25, 0.3) is 5.91 Å². The standard InChI is InChI=1S/C21H19BrN4O2/c22-17-6-4-15(5-7-17)21(27)23-18-3-1-2-16(14-18)19-8-9-20(25-24-19)26-10-12-28-13-11-26/h1-9,14H,10-13H2,(H,23,27). The SMILES string of the molecule is O=C(Nc1cccc(-c2ccc(N3CCOCC3)nn2)c1)c1ccc(Br)cc1. The van der Waals surface area contributed by atoms with Crippen molar-refractivity contribution in [3.63, 3.8) is 0 Å². The quantitative estimate of drug-likeness (QED) is 0.666. The molecular formula is C21H19BrN4O2. The number of ether oxygens (including phenoxy) is 1. The number of amides is 1. The van der Waals surface area contributed by atoms with E-state index in [9.17, 15) is 4.79 Å². The van der Waals surface area contributed by atoms with Crippen molar-refractivity contribution < 1.29 is 9.53 Å². The molecule has 2 aromatic carbocycles. The maximum absolute atomic E-state index is 12.4. The molecule has 0 atom stereocenters. The van der Waals surface area contributed by atoms with Crippen LogP contribution in [0.2, 0.25) is 0 Å². The lowest BCUT2D eigenvalue weighted by molar-refractivity contribution is 0.102. The van der Waals surface area contributed by atoms with E-state index in [4.69, 9.17) is 4.74 Å². The molecule has 0 unspecified atom stereocenters. The maximum Gasteiger partial charge on any atom is 0.255 e. The van der Waals surface area contributed by atoms with Crippen LogP contribution in [0, 0.1) is 0 Å². The van der Waals surface area contributed by atoms with Gasteiger partial charge in [-0.2, -0.15) is 0 Å². The zero-order chi connectivity index (χ0) is 19.3. The average Bonchev–Trinajstić information content (AvgIpc) is 2.75. The van der Waals surface area contributed by atoms with Gasteiger partial charge in [0.1, 0.15) is 0 Å². The molecule has 0 spiro atoms. The molecule has 2 heterocycles. The van der Waals surface area contributed by atoms with Crippen molar-refractivity contribution in [3.8, 4) is 11.3 Å². The lowest BCUT2D eigenvalue weighted by Crippen LogP contribution is -2.36. The van der Waals surface area contributed by atoms with Crippen LogP contribution in [0.15, 0.2) is 65.1 Å². The van der Waals surface area contributed by atoms with Crippen LogP contribution >= 0.6 is 15.9 Å². The summed E-state index contributed by atoms with van der Waals surface area (Å²) in [6.45, 7) is 3.07. The van der Waals surface area contributed by atoms with E-state index in [0.29, 0.717) is 24.5 Å². The Morgan fingerprint density at radius 3 is 2.50 bits per heavy atom. The van der Waals surface area contributed by atoms with Crippen LogP contribution in [0.4, 0.5) is 11.5 Å². The molecule has 142 valence electrons. The van der Waals surface area contributed by atoms with Gasteiger partial charge in [0.15, 0.2) is 5.82 Å². The van der Waals surface area contributed by atoms with Crippen molar-refractivity contribution in [3.05, 3.63) is 70.7 Å². The lowest BCUT2D eigenvalue weighted by Gasteiger charge is -2.27. The topological polar surface area (TPSA) is 67.4 Å². The van der Waals surface area contributed by atoms with Crippen molar-refractivity contribution in [1.29, 1.82) is 0 Å². The number of anilines is 2. The van der Waals surface area contributed by atoms with Gasteiger partial charge in [-0.15, -0.1) is 10.2 Å². The van der Waals surface area contributed by atoms with E-state index in [1.54, 1.807) is 12.1 Å². The maximum atomic E-state index is 12.4. The Labute approximate surface area is 171 Å². The fourth-order valence-electron chi connectivity index (χ4n) is 3.00. The summed E-state index contributed by atoms with van der Waals surface area (Å²) in [5.41, 5.74) is 2.97. The Hall–Kier alpha value is -2.77. The molecule has 7 heteroatoms. The molecule has 1 aromatic heterocycles. The zero-order valence-corrected chi connectivity index (χ0v) is 16.7. The van der Waals surface area contributed by atoms with E-state index < -0.39 is 0 Å². The van der Waals surface area contributed by atoms with E-state index in [-0.39, 0.29) is 5.91 Å². The summed E-state index contributed by atoms with van der Waals surface area (Å²) in [7, 11) is 0. The van der Waals surface area contributed by atoms with Crippen molar-refractivity contribution in [2.24, 2.45) is 0 Å². The predicted octanol–water partition coefficient (Wildman–Crippen LogP) is 4.00. The molecule has 1 saturated heterocycles. The lowest BCUT2D eigenvalue weighted by atomic mass is 10.1. The van der Waals surface area contributed by atoms with Crippen molar-refractivity contribution in [2.75, 3.05) is 36.5 Å². The van der Waals surface area contributed by atoms with Gasteiger partial charge in [-0.1, -0.05) is 28.1 Å². The van der Waals surface area contributed by atoms with Crippen LogP contribution in [-0.4, -0.2) is 42.4 Å². The number of benzene rings is 2. The van der Waals surface area contributed by atoms with Gasteiger partial charge in [-0.3, -0.25) is 4.79 Å². The molecule has 1 N–H and O–H groups in total. The highest BCUT2D eigenvalue weighted by atomic mass is 79.9. The molecule has 4 rings (SSSR count). The highest BCUT2D eigenvalue weighted by Crippen LogP contribution is 2.23. The summed E-state index contributed by atoms with van der Waals surface area (Å²) in [6, 6.07) is 18.8. The summed E-state index contributed by atoms with van der Waals surface area (Å²) in [4.78, 5) is 14.6. The van der Waals surface area contributed by atoms with Gasteiger partial charge in [0.05, 0.1) is 18.9 Å². The molecule has 0 radical (unpaired) electrons. The minimum absolute atomic E-state index is 0.154. The summed E-state index contributed by atoms with van der Waals surface area (Å²) in [6.07, 6.45) is 0. The number of hydrogen-bond acceptors (Lipinski definition) is 5. The number of halogens is 1. The van der Waals surface area contributed by atoms with E-state index in [1.807, 2.05) is 48.5 Å². The van der Waals surface area contributed by atoms with Gasteiger partial charge in [0, 0.05) is 34.4 Å². The summed E-state index contributed by atoms with van der Waals surface area (Å²) in [5.74, 6) is 0.699. The Morgan fingerprint density at radius 1 is 1.00 bits per heavy atom. The van der Waals surface area contributed by atoms with Crippen molar-refractivity contribution >= 4 is 33.3 Å². The highest BCUT2D eigenvalue weighted by Gasteiger charge is 2.13. The number of morpholine rings is 1. The second-order valence-electron chi connectivity index (χ2n) is 6.42. The Morgan fingerprint density at radius 2 is 1.79 bits per heavy atom. The molecule has 3 aromatic rings. The third-order valence-corrected chi connectivity index (χ3v) is 5.04. The van der Waals surface area contributed by atoms with Gasteiger partial charge in [-0.05, 0) is 48.5 Å². The minimum Gasteiger partial charge on any atom is -0.378 e. The molecule has 1 fully saturated rings. The normalized spacial score (nSPS) is 14.0. The number of hydrogen-bond donors (Lipinski definition) is 1. The zero-order valence-electron chi connectivity index (χ0n) is 15.1. The smallest absolute Gasteiger partial charge is 0.255 e. The first-order valence-corrected chi connectivity index (χ1v) is 9.82. The van der Waals surface area contributed by atoms with Gasteiger partial charge in [0.2, 0.25) is 0 Å². The summed E-state index contributed by atoms with van der Waals surface area (Å²) < 4.78 is 6.31. The molecule has 1 aliphatic heterocycles. The number of carbonyl (C=O) groups excluding carboxylic acids is 1. The molecular weight excluding hydrogens is 420 g/mol. The number of rotatable bonds is 4. The monoisotopic (exact) mass is 438 g/mol. The molecule has 6 nitrogen and oxygen atoms in total. The van der Waals surface area contributed by atoms with E-state index in [2.05, 4.69) is 36.3 Å². The number of nitrogens with one attached hydrogen (secondary N) is 1. The molecule has 28 heavy (non-hydrogen) atoms. The van der Waals surface area contributed by atoms with Gasteiger partial charge < -0.3 is 15.0 Å². The van der Waals surface area contributed by atoms with Crippen LogP contribution in [0.3, 0.4) is 0 Å². The number of carbonyl (C=O) groups is 1. The van der Waals surface area contributed by atoms with E-state index >= 15 is 0 Å². The van der Waals surface area contributed by atoms with E-state index in [0.717, 1.165) is 34.6 Å². The van der Waals surface area contributed by atoms with Crippen LogP contribution in [0.5, 0.6) is 0 Å². The average molecular weight is 439 g/mol. The van der Waals surface area contributed by atoms with Crippen molar-refractivity contribution in [2.45, 2.75) is 0 Å². The fraction of sp³-hybridized carbons (Fsp3) is 0.190. The molecule has 1 amide bonds. The first kappa shape index (κ1) is 18.6. The second-order valence-corrected chi connectivity index (χ2v) is 7.33. The van der Waals surface area contributed by atoms with Crippen molar-refractivity contribution in [1.82, 2.24) is 10.2 Å². The Balaban J connectivity index is 1.48. The summed E-state index contributed by atoms with van der Waals surface area (Å²) >= 11 is 3.37. The molecule has 0 bridgehead atoms. The first-order chi connectivity index (χ1) is 13.7. The largest absolute Gasteiger partial charge is 0.378 e. The summed E-state index contributed by atoms with van der Waals surface area (Å²) in [5, 5.41) is 11.6. The minimum atomic E-state index is -0.154. The van der Waals surface area contributed by atoms with Crippen LogP contribution in [0.1, 0.15) is 10.4 Å². The molecule has 0 aliphatic carbocycles. The van der Waals surface area contributed by atoms with Gasteiger partial charge >= 0.3 is 0 Å². The molecule has 0 saturated carbocycles. The predicted molar refractivity (Wildman–Crippen MR) is 113 cm³/mol. The Kier molecular flexibility index (Phi) is 5.64. The molecule has 1 aliphatic rings. The van der Waals surface area contributed by atoms with Gasteiger partial charge in [-0.25, -0.2) is 0 Å². The van der Waals surface area contributed by atoms with Crippen LogP contribution in [0.25, 0.3) is 11.3 Å². The third kappa shape index (κ3) is 4.37. The third-order valence-electron chi connectivity index (χ3n) is 4.51. The first-order valence-electron chi connectivity index (χ1n) is 9.03. The highest BCUT2D eigenvalue weighted by molar-refractivity contribution is 9.10. The number of nitrogens with zero attached hydrogens (tertiary/aromatic N) is 3. The Bertz CT molecular complexity index is 955.